The van der Waals surface area contributed by atoms with Crippen LogP contribution in [0.5, 0.6) is 0 Å². The summed E-state index contributed by atoms with van der Waals surface area (Å²) >= 11 is 0. The van der Waals surface area contributed by atoms with Crippen LogP contribution in [0.25, 0.3) is 22.0 Å². The molecule has 3 aromatic rings. The quantitative estimate of drug-likeness (QED) is 0.677. The van der Waals surface area contributed by atoms with Crippen LogP contribution in [0.3, 0.4) is 0 Å². The van der Waals surface area contributed by atoms with E-state index >= 15 is 0 Å². The van der Waals surface area contributed by atoms with Crippen LogP contribution in [-0.2, 0) is 0 Å². The first kappa shape index (κ1) is 14.5. The highest BCUT2D eigenvalue weighted by molar-refractivity contribution is 5.83. The molecule has 0 spiro atoms. The van der Waals surface area contributed by atoms with Gasteiger partial charge in [-0.15, -0.1) is 0 Å². The van der Waals surface area contributed by atoms with Crippen molar-refractivity contribution in [3.8, 4) is 11.1 Å². The van der Waals surface area contributed by atoms with Crippen LogP contribution in [0.4, 0.5) is 5.69 Å². The van der Waals surface area contributed by atoms with E-state index in [4.69, 9.17) is 5.11 Å². The first-order valence-electron chi connectivity index (χ1n) is 7.24. The molecular formula is C18H18N2O2. The zero-order valence-electron chi connectivity index (χ0n) is 12.1. The Morgan fingerprint density at radius 2 is 1.77 bits per heavy atom. The standard InChI is InChI=1S/C18H18N2O2/c21-12-17(22)11-19-16-7-5-13(6-8-16)15-9-14-3-1-2-4-18(14)20-10-15/h1-10,17,19,21-22H,11-12H2. The zero-order valence-corrected chi connectivity index (χ0v) is 12.1. The maximum absolute atomic E-state index is 9.33. The number of aromatic nitrogens is 1. The van der Waals surface area contributed by atoms with E-state index in [1.165, 1.54) is 0 Å². The second-order valence-corrected chi connectivity index (χ2v) is 5.21. The zero-order chi connectivity index (χ0) is 15.4. The van der Waals surface area contributed by atoms with E-state index in [-0.39, 0.29) is 6.61 Å². The molecular weight excluding hydrogens is 276 g/mol. The summed E-state index contributed by atoms with van der Waals surface area (Å²) in [5, 5.41) is 22.3. The number of nitrogens with one attached hydrogen (secondary N) is 1. The molecule has 1 unspecified atom stereocenters. The van der Waals surface area contributed by atoms with Crippen molar-refractivity contribution in [2.45, 2.75) is 6.10 Å². The first-order chi connectivity index (χ1) is 10.8. The molecule has 0 bridgehead atoms. The van der Waals surface area contributed by atoms with Gasteiger partial charge in [0.1, 0.15) is 0 Å². The summed E-state index contributed by atoms with van der Waals surface area (Å²) in [6, 6.07) is 18.1. The van der Waals surface area contributed by atoms with Gasteiger partial charge < -0.3 is 15.5 Å². The van der Waals surface area contributed by atoms with Gasteiger partial charge in [-0.3, -0.25) is 4.98 Å². The highest BCUT2D eigenvalue weighted by Gasteiger charge is 2.03. The van der Waals surface area contributed by atoms with E-state index in [0.29, 0.717) is 6.54 Å². The van der Waals surface area contributed by atoms with Crippen LogP contribution < -0.4 is 5.32 Å². The van der Waals surface area contributed by atoms with Gasteiger partial charge in [-0.05, 0) is 29.8 Å². The van der Waals surface area contributed by atoms with Crippen LogP contribution >= 0.6 is 0 Å². The van der Waals surface area contributed by atoms with Gasteiger partial charge in [-0.2, -0.15) is 0 Å². The van der Waals surface area contributed by atoms with Crippen molar-refractivity contribution in [3.63, 3.8) is 0 Å². The molecule has 0 radical (unpaired) electrons. The highest BCUT2D eigenvalue weighted by atomic mass is 16.3. The SMILES string of the molecule is OCC(O)CNc1ccc(-c2cnc3ccccc3c2)cc1. The molecule has 4 heteroatoms. The minimum absolute atomic E-state index is 0.242. The van der Waals surface area contributed by atoms with Gasteiger partial charge in [0, 0.05) is 29.4 Å². The maximum Gasteiger partial charge on any atom is 0.0942 e. The molecule has 1 aromatic heterocycles. The Hall–Kier alpha value is -2.43. The van der Waals surface area contributed by atoms with Crippen molar-refractivity contribution in [1.82, 2.24) is 4.98 Å². The molecule has 1 heterocycles. The summed E-state index contributed by atoms with van der Waals surface area (Å²) in [7, 11) is 0. The molecule has 0 aliphatic rings. The Balaban J connectivity index is 1.79. The van der Waals surface area contributed by atoms with E-state index in [9.17, 15) is 5.11 Å². The molecule has 3 N–H and O–H groups in total. The molecule has 112 valence electrons. The largest absolute Gasteiger partial charge is 0.394 e. The average Bonchev–Trinajstić information content (AvgIpc) is 2.59. The number of rotatable bonds is 5. The van der Waals surface area contributed by atoms with E-state index in [1.807, 2.05) is 48.7 Å². The molecule has 0 saturated heterocycles. The molecule has 22 heavy (non-hydrogen) atoms. The second-order valence-electron chi connectivity index (χ2n) is 5.21. The van der Waals surface area contributed by atoms with Crippen LogP contribution in [0.1, 0.15) is 0 Å². The fourth-order valence-electron chi connectivity index (χ4n) is 2.31. The number of aliphatic hydroxyl groups excluding tert-OH is 2. The van der Waals surface area contributed by atoms with E-state index in [0.717, 1.165) is 27.7 Å². The van der Waals surface area contributed by atoms with Crippen molar-refractivity contribution in [2.75, 3.05) is 18.5 Å². The van der Waals surface area contributed by atoms with Gasteiger partial charge >= 0.3 is 0 Å². The Kier molecular flexibility index (Phi) is 4.32. The summed E-state index contributed by atoms with van der Waals surface area (Å²) in [6.45, 7) is 0.0845. The summed E-state index contributed by atoms with van der Waals surface area (Å²) in [5.74, 6) is 0. The molecule has 0 amide bonds. The smallest absolute Gasteiger partial charge is 0.0942 e. The van der Waals surface area contributed by atoms with E-state index in [2.05, 4.69) is 22.4 Å². The van der Waals surface area contributed by atoms with E-state index < -0.39 is 6.10 Å². The predicted octanol–water partition coefficient (Wildman–Crippen LogP) is 2.67. The number of fused-ring (bicyclic) bond motifs is 1. The lowest BCUT2D eigenvalue weighted by molar-refractivity contribution is 0.105. The molecule has 4 nitrogen and oxygen atoms in total. The molecule has 0 aliphatic heterocycles. The predicted molar refractivity (Wildman–Crippen MR) is 88.8 cm³/mol. The fourth-order valence-corrected chi connectivity index (χ4v) is 2.31. The number of nitrogens with zero attached hydrogens (tertiary/aromatic N) is 1. The minimum atomic E-state index is -0.746. The Labute approximate surface area is 129 Å². The first-order valence-corrected chi connectivity index (χ1v) is 7.24. The minimum Gasteiger partial charge on any atom is -0.394 e. The lowest BCUT2D eigenvalue weighted by atomic mass is 10.1. The Bertz CT molecular complexity index is 756. The Morgan fingerprint density at radius 3 is 2.55 bits per heavy atom. The summed E-state index contributed by atoms with van der Waals surface area (Å²) < 4.78 is 0. The Morgan fingerprint density at radius 1 is 1.00 bits per heavy atom. The van der Waals surface area contributed by atoms with Crippen molar-refractivity contribution in [2.24, 2.45) is 0 Å². The second kappa shape index (κ2) is 6.56. The third-order valence-corrected chi connectivity index (χ3v) is 3.56. The lowest BCUT2D eigenvalue weighted by Gasteiger charge is -2.11. The van der Waals surface area contributed by atoms with Gasteiger partial charge in [0.25, 0.3) is 0 Å². The van der Waals surface area contributed by atoms with Gasteiger partial charge in [0.05, 0.1) is 18.2 Å². The number of pyridine rings is 1. The monoisotopic (exact) mass is 294 g/mol. The summed E-state index contributed by atoms with van der Waals surface area (Å²) in [5.41, 5.74) is 4.06. The molecule has 0 fully saturated rings. The van der Waals surface area contributed by atoms with Crippen molar-refractivity contribution in [3.05, 3.63) is 60.8 Å². The van der Waals surface area contributed by atoms with Gasteiger partial charge in [-0.1, -0.05) is 30.3 Å². The van der Waals surface area contributed by atoms with Crippen LogP contribution in [0.15, 0.2) is 60.8 Å². The molecule has 3 rings (SSSR count). The van der Waals surface area contributed by atoms with Crippen LogP contribution in [0, 0.1) is 0 Å². The van der Waals surface area contributed by atoms with Gasteiger partial charge in [0.15, 0.2) is 0 Å². The third-order valence-electron chi connectivity index (χ3n) is 3.56. The number of hydrogen-bond donors (Lipinski definition) is 3. The van der Waals surface area contributed by atoms with Crippen LogP contribution in [0.2, 0.25) is 0 Å². The number of para-hydroxylation sites is 1. The normalized spacial score (nSPS) is 12.3. The number of aliphatic hydroxyl groups is 2. The number of anilines is 1. The van der Waals surface area contributed by atoms with Gasteiger partial charge in [-0.25, -0.2) is 0 Å². The fraction of sp³-hybridized carbons (Fsp3) is 0.167. The molecule has 2 aromatic carbocycles. The topological polar surface area (TPSA) is 65.4 Å². The molecule has 0 aliphatic carbocycles. The van der Waals surface area contributed by atoms with Crippen molar-refractivity contribution >= 4 is 16.6 Å². The van der Waals surface area contributed by atoms with Gasteiger partial charge in [0.2, 0.25) is 0 Å². The molecule has 0 saturated carbocycles. The summed E-state index contributed by atoms with van der Waals surface area (Å²) in [6.07, 6.45) is 1.13. The maximum atomic E-state index is 9.33. The third kappa shape index (κ3) is 3.24. The number of benzene rings is 2. The summed E-state index contributed by atoms with van der Waals surface area (Å²) in [4.78, 5) is 4.47. The highest BCUT2D eigenvalue weighted by Crippen LogP contribution is 2.24. The van der Waals surface area contributed by atoms with Crippen molar-refractivity contribution < 1.29 is 10.2 Å². The average molecular weight is 294 g/mol. The van der Waals surface area contributed by atoms with Crippen molar-refractivity contribution in [1.29, 1.82) is 0 Å². The molecule has 1 atom stereocenters. The number of hydrogen-bond acceptors (Lipinski definition) is 4. The van der Waals surface area contributed by atoms with E-state index in [1.54, 1.807) is 0 Å². The van der Waals surface area contributed by atoms with Crippen LogP contribution in [-0.4, -0.2) is 34.5 Å². The lowest BCUT2D eigenvalue weighted by Crippen LogP contribution is -2.22.